The van der Waals surface area contributed by atoms with Crippen LogP contribution in [-0.2, 0) is 12.8 Å². The largest absolute Gasteiger partial charge is 0.435 e. The SMILES string of the molecule is OCc1cc(NC2CCC(F)(F)CC2)nc(-n2ccc(C(F)(F)F)n2)n1. The van der Waals surface area contributed by atoms with Gasteiger partial charge in [-0.1, -0.05) is 0 Å². The molecule has 0 bridgehead atoms. The summed E-state index contributed by atoms with van der Waals surface area (Å²) in [5.41, 5.74) is -0.928. The highest BCUT2D eigenvalue weighted by Crippen LogP contribution is 2.34. The van der Waals surface area contributed by atoms with Gasteiger partial charge in [0.1, 0.15) is 5.82 Å². The van der Waals surface area contributed by atoms with E-state index in [-0.39, 0.29) is 49.2 Å². The maximum atomic E-state index is 13.2. The Bertz CT molecular complexity index is 766. The standard InChI is InChI=1S/C15H16F5N5O/c16-14(17)4-1-9(2-5-14)21-12-7-10(8-26)22-13(23-12)25-6-3-11(24-25)15(18,19)20/h3,6-7,9,26H,1-2,4-5,8H2,(H,21,22,23). The molecule has 0 aliphatic heterocycles. The van der Waals surface area contributed by atoms with Crippen LogP contribution in [-0.4, -0.2) is 36.8 Å². The average molecular weight is 377 g/mol. The van der Waals surface area contributed by atoms with Crippen molar-refractivity contribution in [1.29, 1.82) is 0 Å². The van der Waals surface area contributed by atoms with E-state index in [1.807, 2.05) is 0 Å². The number of hydrogen-bond donors (Lipinski definition) is 2. The third-order valence-corrected chi connectivity index (χ3v) is 4.08. The van der Waals surface area contributed by atoms with Gasteiger partial charge in [0.05, 0.1) is 12.3 Å². The monoisotopic (exact) mass is 377 g/mol. The zero-order valence-electron chi connectivity index (χ0n) is 13.5. The fraction of sp³-hybridized carbons (Fsp3) is 0.533. The summed E-state index contributed by atoms with van der Waals surface area (Å²) in [7, 11) is 0. The molecule has 0 unspecified atom stereocenters. The Labute approximate surface area is 145 Å². The summed E-state index contributed by atoms with van der Waals surface area (Å²) in [6.45, 7) is -0.458. The fourth-order valence-electron chi connectivity index (χ4n) is 2.72. The number of aliphatic hydroxyl groups excluding tert-OH is 1. The van der Waals surface area contributed by atoms with Gasteiger partial charge in [0.25, 0.3) is 5.95 Å². The number of nitrogens with one attached hydrogen (secondary N) is 1. The molecule has 2 heterocycles. The lowest BCUT2D eigenvalue weighted by molar-refractivity contribution is -0.141. The van der Waals surface area contributed by atoms with Crippen molar-refractivity contribution in [2.75, 3.05) is 5.32 Å². The second kappa shape index (κ2) is 6.78. The molecule has 142 valence electrons. The van der Waals surface area contributed by atoms with Crippen LogP contribution in [0.1, 0.15) is 37.1 Å². The van der Waals surface area contributed by atoms with E-state index in [1.54, 1.807) is 0 Å². The van der Waals surface area contributed by atoms with E-state index in [2.05, 4.69) is 20.4 Å². The predicted octanol–water partition coefficient (Wildman–Crippen LogP) is 3.16. The molecule has 1 saturated carbocycles. The van der Waals surface area contributed by atoms with Crippen molar-refractivity contribution in [1.82, 2.24) is 19.7 Å². The van der Waals surface area contributed by atoms with Crippen molar-refractivity contribution >= 4 is 5.82 Å². The van der Waals surface area contributed by atoms with Crippen molar-refractivity contribution in [2.24, 2.45) is 0 Å². The maximum Gasteiger partial charge on any atom is 0.435 e. The van der Waals surface area contributed by atoms with Crippen molar-refractivity contribution in [3.8, 4) is 5.95 Å². The fourth-order valence-corrected chi connectivity index (χ4v) is 2.72. The average Bonchev–Trinajstić information content (AvgIpc) is 3.07. The van der Waals surface area contributed by atoms with Gasteiger partial charge in [-0.3, -0.25) is 0 Å². The number of alkyl halides is 5. The number of rotatable bonds is 4. The van der Waals surface area contributed by atoms with Gasteiger partial charge in [0.2, 0.25) is 5.92 Å². The number of aromatic nitrogens is 4. The molecular weight excluding hydrogens is 361 g/mol. The molecule has 11 heteroatoms. The summed E-state index contributed by atoms with van der Waals surface area (Å²) >= 11 is 0. The van der Waals surface area contributed by atoms with E-state index in [1.165, 1.54) is 6.07 Å². The molecule has 0 amide bonds. The molecule has 1 aliphatic carbocycles. The summed E-state index contributed by atoms with van der Waals surface area (Å²) in [4.78, 5) is 8.04. The highest BCUT2D eigenvalue weighted by atomic mass is 19.4. The Balaban J connectivity index is 1.82. The van der Waals surface area contributed by atoms with Crippen LogP contribution in [0.3, 0.4) is 0 Å². The van der Waals surface area contributed by atoms with Crippen LogP contribution >= 0.6 is 0 Å². The highest BCUT2D eigenvalue weighted by molar-refractivity contribution is 5.40. The summed E-state index contributed by atoms with van der Waals surface area (Å²) in [6.07, 6.45) is -3.56. The van der Waals surface area contributed by atoms with Crippen LogP contribution in [0.2, 0.25) is 0 Å². The van der Waals surface area contributed by atoms with E-state index in [4.69, 9.17) is 0 Å². The smallest absolute Gasteiger partial charge is 0.390 e. The minimum atomic E-state index is -4.60. The van der Waals surface area contributed by atoms with Crippen LogP contribution < -0.4 is 5.32 Å². The second-order valence-corrected chi connectivity index (χ2v) is 6.12. The Kier molecular flexibility index (Phi) is 4.82. The molecule has 6 nitrogen and oxygen atoms in total. The lowest BCUT2D eigenvalue weighted by Gasteiger charge is -2.29. The number of nitrogens with zero attached hydrogens (tertiary/aromatic N) is 4. The van der Waals surface area contributed by atoms with Gasteiger partial charge < -0.3 is 10.4 Å². The number of aliphatic hydroxyl groups is 1. The molecule has 2 aromatic heterocycles. The second-order valence-electron chi connectivity index (χ2n) is 6.12. The molecule has 3 rings (SSSR count). The molecule has 0 atom stereocenters. The van der Waals surface area contributed by atoms with E-state index in [0.29, 0.717) is 0 Å². The zero-order chi connectivity index (χ0) is 18.9. The van der Waals surface area contributed by atoms with E-state index in [0.717, 1.165) is 16.9 Å². The first-order valence-electron chi connectivity index (χ1n) is 7.93. The number of anilines is 1. The molecule has 0 saturated heterocycles. The maximum absolute atomic E-state index is 13.2. The van der Waals surface area contributed by atoms with Crippen LogP contribution in [0.4, 0.5) is 27.8 Å². The summed E-state index contributed by atoms with van der Waals surface area (Å²) in [5.74, 6) is -2.59. The predicted molar refractivity (Wildman–Crippen MR) is 80.9 cm³/mol. The van der Waals surface area contributed by atoms with Gasteiger partial charge >= 0.3 is 6.18 Å². The molecule has 2 N–H and O–H groups in total. The van der Waals surface area contributed by atoms with Gasteiger partial charge in [-0.15, -0.1) is 0 Å². The summed E-state index contributed by atoms with van der Waals surface area (Å²) < 4.78 is 65.4. The summed E-state index contributed by atoms with van der Waals surface area (Å²) in [5, 5.41) is 15.7. The van der Waals surface area contributed by atoms with Crippen LogP contribution in [0.25, 0.3) is 5.95 Å². The Morgan fingerprint density at radius 2 is 1.92 bits per heavy atom. The third kappa shape index (κ3) is 4.26. The molecule has 1 aliphatic rings. The summed E-state index contributed by atoms with van der Waals surface area (Å²) in [6, 6.07) is 1.96. The molecule has 0 spiro atoms. The van der Waals surface area contributed by atoms with E-state index in [9.17, 15) is 27.1 Å². The van der Waals surface area contributed by atoms with Gasteiger partial charge in [-0.2, -0.15) is 23.3 Å². The van der Waals surface area contributed by atoms with Crippen molar-refractivity contribution in [2.45, 2.75) is 50.4 Å². The molecule has 0 radical (unpaired) electrons. The zero-order valence-corrected chi connectivity index (χ0v) is 13.5. The molecule has 1 fully saturated rings. The van der Waals surface area contributed by atoms with Gasteiger partial charge in [-0.25, -0.2) is 18.4 Å². The number of hydrogen-bond acceptors (Lipinski definition) is 5. The minimum absolute atomic E-state index is 0.157. The van der Waals surface area contributed by atoms with Gasteiger partial charge in [0.15, 0.2) is 5.69 Å². The van der Waals surface area contributed by atoms with Crippen molar-refractivity contribution in [3.63, 3.8) is 0 Å². The Hall–Kier alpha value is -2.30. The molecular formula is C15H16F5N5O. The van der Waals surface area contributed by atoms with Crippen LogP contribution in [0.5, 0.6) is 0 Å². The highest BCUT2D eigenvalue weighted by Gasteiger charge is 2.35. The quantitative estimate of drug-likeness (QED) is 0.801. The molecule has 26 heavy (non-hydrogen) atoms. The van der Waals surface area contributed by atoms with Crippen molar-refractivity contribution in [3.05, 3.63) is 29.7 Å². The third-order valence-electron chi connectivity index (χ3n) is 4.08. The Morgan fingerprint density at radius 1 is 1.23 bits per heavy atom. The Morgan fingerprint density at radius 3 is 2.50 bits per heavy atom. The minimum Gasteiger partial charge on any atom is -0.390 e. The normalized spacial score (nSPS) is 18.1. The van der Waals surface area contributed by atoms with Crippen LogP contribution in [0.15, 0.2) is 18.3 Å². The van der Waals surface area contributed by atoms with Gasteiger partial charge in [-0.05, 0) is 18.9 Å². The molecule has 0 aromatic carbocycles. The first kappa shape index (κ1) is 18.5. The molecule has 2 aromatic rings. The van der Waals surface area contributed by atoms with Crippen molar-refractivity contribution < 1.29 is 27.1 Å². The first-order chi connectivity index (χ1) is 12.2. The van der Waals surface area contributed by atoms with Crippen LogP contribution in [0, 0.1) is 0 Å². The van der Waals surface area contributed by atoms with E-state index < -0.39 is 24.4 Å². The van der Waals surface area contributed by atoms with Gasteiger partial charge in [0, 0.05) is 31.1 Å². The first-order valence-corrected chi connectivity index (χ1v) is 7.93. The number of halogens is 5. The van der Waals surface area contributed by atoms with E-state index >= 15 is 0 Å². The lowest BCUT2D eigenvalue weighted by atomic mass is 9.92. The topological polar surface area (TPSA) is 75.9 Å². The lowest BCUT2D eigenvalue weighted by Crippen LogP contribution is -2.32.